The number of nitrogens with zero attached hydrogens (tertiary/aromatic N) is 1. The van der Waals surface area contributed by atoms with Crippen LogP contribution in [-0.4, -0.2) is 10.1 Å². The lowest BCUT2D eigenvalue weighted by Crippen LogP contribution is -2.06. The minimum atomic E-state index is -0.662. The van der Waals surface area contributed by atoms with Crippen molar-refractivity contribution in [2.75, 3.05) is 5.73 Å². The molecule has 0 aliphatic heterocycles. The monoisotopic (exact) mass is 254 g/mol. The van der Waals surface area contributed by atoms with Gasteiger partial charge in [-0.15, -0.1) is 11.3 Å². The first-order valence-corrected chi connectivity index (χ1v) is 6.04. The molecule has 0 fully saturated rings. The molecule has 84 valence electrons. The van der Waals surface area contributed by atoms with Crippen LogP contribution in [0, 0.1) is 0 Å². The number of rotatable bonds is 3. The summed E-state index contributed by atoms with van der Waals surface area (Å²) in [5, 5.41) is 12.5. The van der Waals surface area contributed by atoms with Crippen LogP contribution in [0.1, 0.15) is 16.5 Å². The standard InChI is InChI=1S/C11H11ClN2OS/c12-7-4-9(11(13)14-6-7)10(15)5-8-2-1-3-16-8/h1-4,6,10,15H,5H2,(H2,13,14). The summed E-state index contributed by atoms with van der Waals surface area (Å²) in [6.07, 6.45) is 1.34. The minimum absolute atomic E-state index is 0.327. The van der Waals surface area contributed by atoms with Crippen LogP contribution in [0.25, 0.3) is 0 Å². The molecule has 1 unspecified atom stereocenters. The van der Waals surface area contributed by atoms with Gasteiger partial charge in [-0.1, -0.05) is 17.7 Å². The molecule has 1 atom stereocenters. The Morgan fingerprint density at radius 1 is 1.56 bits per heavy atom. The van der Waals surface area contributed by atoms with Gasteiger partial charge in [0.2, 0.25) is 0 Å². The number of nitrogens with two attached hydrogens (primary N) is 1. The number of anilines is 1. The van der Waals surface area contributed by atoms with Crippen LogP contribution in [-0.2, 0) is 6.42 Å². The van der Waals surface area contributed by atoms with E-state index in [0.29, 0.717) is 22.8 Å². The molecule has 0 saturated carbocycles. The van der Waals surface area contributed by atoms with Gasteiger partial charge in [-0.05, 0) is 17.5 Å². The molecular weight excluding hydrogens is 244 g/mol. The van der Waals surface area contributed by atoms with Gasteiger partial charge < -0.3 is 10.8 Å². The number of aliphatic hydroxyl groups is 1. The van der Waals surface area contributed by atoms with Crippen molar-refractivity contribution in [2.45, 2.75) is 12.5 Å². The Bertz CT molecular complexity index is 473. The van der Waals surface area contributed by atoms with Crippen molar-refractivity contribution in [2.24, 2.45) is 0 Å². The topological polar surface area (TPSA) is 59.1 Å². The molecule has 5 heteroatoms. The van der Waals surface area contributed by atoms with Crippen molar-refractivity contribution >= 4 is 28.8 Å². The zero-order valence-corrected chi connectivity index (χ0v) is 10.0. The lowest BCUT2D eigenvalue weighted by molar-refractivity contribution is 0.180. The van der Waals surface area contributed by atoms with Crippen LogP contribution >= 0.6 is 22.9 Å². The third-order valence-electron chi connectivity index (χ3n) is 2.25. The fraction of sp³-hybridized carbons (Fsp3) is 0.182. The molecule has 0 saturated heterocycles. The average molecular weight is 255 g/mol. The molecule has 2 heterocycles. The molecule has 2 rings (SSSR count). The number of pyridine rings is 1. The molecule has 0 amide bonds. The number of thiophene rings is 1. The Morgan fingerprint density at radius 2 is 2.38 bits per heavy atom. The number of nitrogen functional groups attached to an aromatic ring is 1. The Kier molecular flexibility index (Phi) is 3.43. The number of halogens is 1. The first-order valence-electron chi connectivity index (χ1n) is 4.78. The molecule has 0 bridgehead atoms. The Labute approximate surface area is 103 Å². The first-order chi connectivity index (χ1) is 7.66. The number of hydrogen-bond acceptors (Lipinski definition) is 4. The highest BCUT2D eigenvalue weighted by molar-refractivity contribution is 7.09. The third-order valence-corrected chi connectivity index (χ3v) is 3.36. The summed E-state index contributed by atoms with van der Waals surface area (Å²) in [5.74, 6) is 0.327. The van der Waals surface area contributed by atoms with E-state index in [1.165, 1.54) is 6.20 Å². The summed E-state index contributed by atoms with van der Waals surface area (Å²) in [6, 6.07) is 5.58. The normalized spacial score (nSPS) is 12.6. The second-order valence-corrected chi connectivity index (χ2v) is 4.90. The highest BCUT2D eigenvalue weighted by Crippen LogP contribution is 2.26. The summed E-state index contributed by atoms with van der Waals surface area (Å²) in [5.41, 5.74) is 6.28. The number of aliphatic hydroxyl groups excluding tert-OH is 1. The van der Waals surface area contributed by atoms with E-state index in [4.69, 9.17) is 17.3 Å². The molecule has 2 aromatic heterocycles. The largest absolute Gasteiger partial charge is 0.388 e. The molecule has 2 aromatic rings. The van der Waals surface area contributed by atoms with E-state index in [9.17, 15) is 5.11 Å². The van der Waals surface area contributed by atoms with Crippen LogP contribution in [0.2, 0.25) is 5.02 Å². The summed E-state index contributed by atoms with van der Waals surface area (Å²) in [7, 11) is 0. The van der Waals surface area contributed by atoms with E-state index in [1.807, 2.05) is 17.5 Å². The Hall–Kier alpha value is -1.10. The van der Waals surface area contributed by atoms with Crippen LogP contribution in [0.4, 0.5) is 5.82 Å². The SMILES string of the molecule is Nc1ncc(Cl)cc1C(O)Cc1cccs1. The van der Waals surface area contributed by atoms with Gasteiger partial charge in [0.25, 0.3) is 0 Å². The summed E-state index contributed by atoms with van der Waals surface area (Å²) in [4.78, 5) is 5.02. The van der Waals surface area contributed by atoms with Crippen molar-refractivity contribution in [1.82, 2.24) is 4.98 Å². The Morgan fingerprint density at radius 3 is 3.06 bits per heavy atom. The number of hydrogen-bond donors (Lipinski definition) is 2. The third kappa shape index (κ3) is 2.52. The molecule has 0 aliphatic carbocycles. The van der Waals surface area contributed by atoms with E-state index in [1.54, 1.807) is 17.4 Å². The average Bonchev–Trinajstić information content (AvgIpc) is 2.74. The van der Waals surface area contributed by atoms with Gasteiger partial charge in [0.05, 0.1) is 11.1 Å². The smallest absolute Gasteiger partial charge is 0.129 e. The lowest BCUT2D eigenvalue weighted by Gasteiger charge is -2.11. The zero-order valence-electron chi connectivity index (χ0n) is 8.43. The predicted octanol–water partition coefficient (Wildman–Crippen LogP) is 2.65. The Balaban J connectivity index is 2.20. The van der Waals surface area contributed by atoms with Gasteiger partial charge in [0.15, 0.2) is 0 Å². The fourth-order valence-electron chi connectivity index (χ4n) is 1.46. The van der Waals surface area contributed by atoms with Gasteiger partial charge in [0, 0.05) is 23.1 Å². The highest BCUT2D eigenvalue weighted by Gasteiger charge is 2.13. The highest BCUT2D eigenvalue weighted by atomic mass is 35.5. The second kappa shape index (κ2) is 4.82. The van der Waals surface area contributed by atoms with E-state index in [2.05, 4.69) is 4.98 Å². The van der Waals surface area contributed by atoms with E-state index >= 15 is 0 Å². The molecular formula is C11H11ClN2OS. The second-order valence-electron chi connectivity index (χ2n) is 3.43. The lowest BCUT2D eigenvalue weighted by atomic mass is 10.1. The van der Waals surface area contributed by atoms with Gasteiger partial charge in [-0.2, -0.15) is 0 Å². The molecule has 3 N–H and O–H groups in total. The summed E-state index contributed by atoms with van der Waals surface area (Å²) < 4.78 is 0. The van der Waals surface area contributed by atoms with Crippen LogP contribution in [0.3, 0.4) is 0 Å². The van der Waals surface area contributed by atoms with Crippen molar-refractivity contribution in [3.05, 3.63) is 45.2 Å². The zero-order chi connectivity index (χ0) is 11.5. The maximum atomic E-state index is 10.0. The number of aromatic nitrogens is 1. The van der Waals surface area contributed by atoms with E-state index in [0.717, 1.165) is 4.88 Å². The van der Waals surface area contributed by atoms with Crippen LogP contribution < -0.4 is 5.73 Å². The maximum Gasteiger partial charge on any atom is 0.129 e. The van der Waals surface area contributed by atoms with Crippen LogP contribution in [0.15, 0.2) is 29.8 Å². The predicted molar refractivity (Wildman–Crippen MR) is 66.6 cm³/mol. The van der Waals surface area contributed by atoms with Crippen molar-refractivity contribution in [3.8, 4) is 0 Å². The molecule has 0 aromatic carbocycles. The molecule has 0 radical (unpaired) electrons. The van der Waals surface area contributed by atoms with Gasteiger partial charge in [-0.25, -0.2) is 4.98 Å². The summed E-state index contributed by atoms with van der Waals surface area (Å²) >= 11 is 7.42. The first kappa shape index (κ1) is 11.4. The van der Waals surface area contributed by atoms with Gasteiger partial charge >= 0.3 is 0 Å². The molecule has 16 heavy (non-hydrogen) atoms. The van der Waals surface area contributed by atoms with Crippen molar-refractivity contribution < 1.29 is 5.11 Å². The quantitative estimate of drug-likeness (QED) is 0.885. The molecule has 0 aliphatic rings. The van der Waals surface area contributed by atoms with E-state index in [-0.39, 0.29) is 0 Å². The fourth-order valence-corrected chi connectivity index (χ4v) is 2.37. The minimum Gasteiger partial charge on any atom is -0.388 e. The van der Waals surface area contributed by atoms with Crippen LogP contribution in [0.5, 0.6) is 0 Å². The van der Waals surface area contributed by atoms with Gasteiger partial charge in [0.1, 0.15) is 5.82 Å². The molecule has 3 nitrogen and oxygen atoms in total. The molecule has 0 spiro atoms. The van der Waals surface area contributed by atoms with Crippen molar-refractivity contribution in [1.29, 1.82) is 0 Å². The maximum absolute atomic E-state index is 10.0. The van der Waals surface area contributed by atoms with Crippen molar-refractivity contribution in [3.63, 3.8) is 0 Å². The van der Waals surface area contributed by atoms with E-state index < -0.39 is 6.10 Å². The summed E-state index contributed by atoms with van der Waals surface area (Å²) in [6.45, 7) is 0. The van der Waals surface area contributed by atoms with Gasteiger partial charge in [-0.3, -0.25) is 0 Å².